The van der Waals surface area contributed by atoms with Crippen LogP contribution in [0.4, 0.5) is 0 Å². The van der Waals surface area contributed by atoms with Crippen molar-refractivity contribution in [3.05, 3.63) is 32.2 Å². The van der Waals surface area contributed by atoms with Gasteiger partial charge in [0.2, 0.25) is 0 Å². The van der Waals surface area contributed by atoms with Crippen LogP contribution in [0.5, 0.6) is 0 Å². The van der Waals surface area contributed by atoms with E-state index in [2.05, 4.69) is 94.5 Å². The minimum absolute atomic E-state index is 0.348. The molecule has 18 heavy (non-hydrogen) atoms. The van der Waals surface area contributed by atoms with Crippen LogP contribution in [0.15, 0.2) is 21.1 Å². The van der Waals surface area contributed by atoms with Crippen LogP contribution in [0.2, 0.25) is 0 Å². The molecule has 3 heteroatoms. The minimum Gasteiger partial charge on any atom is -0.0838 e. The summed E-state index contributed by atoms with van der Waals surface area (Å²) in [4.78, 5) is 0.387. The molecule has 0 saturated carbocycles. The van der Waals surface area contributed by atoms with Gasteiger partial charge in [-0.2, -0.15) is 0 Å². The van der Waals surface area contributed by atoms with Gasteiger partial charge in [-0.25, -0.2) is 0 Å². The fourth-order valence-electron chi connectivity index (χ4n) is 1.69. The summed E-state index contributed by atoms with van der Waals surface area (Å²) in [6.45, 7) is 11.3. The molecular weight excluding hydrogens is 420 g/mol. The average molecular weight is 441 g/mol. The third-order valence-electron chi connectivity index (χ3n) is 3.65. The Labute approximate surface area is 136 Å². The molecule has 0 N–H and O–H groups in total. The molecule has 0 aromatic heterocycles. The lowest BCUT2D eigenvalue weighted by Crippen LogP contribution is -2.18. The fraction of sp³-hybridized carbons (Fsp3) is 0.600. The van der Waals surface area contributed by atoms with E-state index >= 15 is 0 Å². The Morgan fingerprint density at radius 2 is 1.67 bits per heavy atom. The SMILES string of the molecule is Cc1cc(Br)c(C(Br)CC(C)C(C)(C)C)cc1Br. The topological polar surface area (TPSA) is 0 Å². The van der Waals surface area contributed by atoms with E-state index in [4.69, 9.17) is 0 Å². The Hall–Kier alpha value is 0.660. The van der Waals surface area contributed by atoms with Crippen molar-refractivity contribution in [3.8, 4) is 0 Å². The van der Waals surface area contributed by atoms with Gasteiger partial charge in [0.05, 0.1) is 0 Å². The lowest BCUT2D eigenvalue weighted by molar-refractivity contribution is 0.246. The van der Waals surface area contributed by atoms with E-state index in [-0.39, 0.29) is 0 Å². The highest BCUT2D eigenvalue weighted by Gasteiger charge is 2.24. The Kier molecular flexibility index (Phi) is 5.95. The predicted octanol–water partition coefficient (Wildman–Crippen LogP) is 7.03. The van der Waals surface area contributed by atoms with E-state index in [1.165, 1.54) is 20.1 Å². The van der Waals surface area contributed by atoms with Crippen molar-refractivity contribution in [3.63, 3.8) is 0 Å². The van der Waals surface area contributed by atoms with Crippen molar-refractivity contribution in [2.45, 2.75) is 45.9 Å². The van der Waals surface area contributed by atoms with Gasteiger partial charge in [0.25, 0.3) is 0 Å². The van der Waals surface area contributed by atoms with Gasteiger partial charge in [0, 0.05) is 13.8 Å². The molecule has 1 aromatic carbocycles. The summed E-state index contributed by atoms with van der Waals surface area (Å²) in [7, 11) is 0. The number of rotatable bonds is 3. The van der Waals surface area contributed by atoms with Crippen molar-refractivity contribution >= 4 is 47.8 Å². The normalized spacial score (nSPS) is 15.6. The summed E-state index contributed by atoms with van der Waals surface area (Å²) in [6, 6.07) is 4.39. The Morgan fingerprint density at radius 1 is 1.11 bits per heavy atom. The highest BCUT2D eigenvalue weighted by Crippen LogP contribution is 2.41. The summed E-state index contributed by atoms with van der Waals surface area (Å²) in [6.07, 6.45) is 1.14. The summed E-state index contributed by atoms with van der Waals surface area (Å²) in [5.74, 6) is 0.661. The van der Waals surface area contributed by atoms with Crippen LogP contribution in [-0.4, -0.2) is 0 Å². The Morgan fingerprint density at radius 3 is 2.17 bits per heavy atom. The maximum Gasteiger partial charge on any atom is 0.0409 e. The van der Waals surface area contributed by atoms with E-state index in [9.17, 15) is 0 Å². The van der Waals surface area contributed by atoms with E-state index in [0.717, 1.165) is 6.42 Å². The largest absolute Gasteiger partial charge is 0.0838 e. The first-order valence-corrected chi connectivity index (χ1v) is 8.72. The average Bonchev–Trinajstić information content (AvgIpc) is 2.21. The van der Waals surface area contributed by atoms with E-state index in [1.807, 2.05) is 0 Å². The van der Waals surface area contributed by atoms with E-state index < -0.39 is 0 Å². The zero-order chi connectivity index (χ0) is 14.1. The van der Waals surface area contributed by atoms with Gasteiger partial charge < -0.3 is 0 Å². The third-order valence-corrected chi connectivity index (χ3v) is 6.06. The van der Waals surface area contributed by atoms with E-state index in [0.29, 0.717) is 16.2 Å². The van der Waals surface area contributed by atoms with Crippen molar-refractivity contribution < 1.29 is 0 Å². The van der Waals surface area contributed by atoms with Crippen LogP contribution < -0.4 is 0 Å². The first kappa shape index (κ1) is 16.7. The van der Waals surface area contributed by atoms with Crippen LogP contribution in [0.1, 0.15) is 50.1 Å². The fourth-order valence-corrected chi connectivity index (χ4v) is 4.03. The monoisotopic (exact) mass is 438 g/mol. The summed E-state index contributed by atoms with van der Waals surface area (Å²) in [5, 5.41) is 0. The molecule has 0 radical (unpaired) electrons. The molecule has 0 aliphatic heterocycles. The highest BCUT2D eigenvalue weighted by atomic mass is 79.9. The molecule has 1 aromatic rings. The first-order chi connectivity index (χ1) is 8.12. The lowest BCUT2D eigenvalue weighted by atomic mass is 9.79. The predicted molar refractivity (Wildman–Crippen MR) is 91.5 cm³/mol. The van der Waals surface area contributed by atoms with Crippen molar-refractivity contribution in [2.75, 3.05) is 0 Å². The third kappa shape index (κ3) is 4.35. The van der Waals surface area contributed by atoms with Gasteiger partial charge in [-0.3, -0.25) is 0 Å². The second-order valence-corrected chi connectivity index (χ2v) is 8.91. The summed E-state index contributed by atoms with van der Waals surface area (Å²) < 4.78 is 2.36. The number of aryl methyl sites for hydroxylation is 1. The molecule has 0 bridgehead atoms. The zero-order valence-electron chi connectivity index (χ0n) is 11.7. The zero-order valence-corrected chi connectivity index (χ0v) is 16.4. The molecule has 2 unspecified atom stereocenters. The van der Waals surface area contributed by atoms with Gasteiger partial charge in [0.15, 0.2) is 0 Å². The number of hydrogen-bond acceptors (Lipinski definition) is 0. The number of hydrogen-bond donors (Lipinski definition) is 0. The van der Waals surface area contributed by atoms with Gasteiger partial charge >= 0.3 is 0 Å². The van der Waals surface area contributed by atoms with Crippen molar-refractivity contribution in [2.24, 2.45) is 11.3 Å². The molecule has 0 aliphatic carbocycles. The maximum atomic E-state index is 3.84. The number of halogens is 3. The summed E-state index contributed by atoms with van der Waals surface area (Å²) in [5.41, 5.74) is 2.93. The minimum atomic E-state index is 0.348. The van der Waals surface area contributed by atoms with E-state index in [1.54, 1.807) is 0 Å². The van der Waals surface area contributed by atoms with Gasteiger partial charge in [-0.05, 0) is 47.9 Å². The molecule has 0 amide bonds. The molecule has 0 spiro atoms. The second-order valence-electron chi connectivity index (χ2n) is 6.09. The maximum absolute atomic E-state index is 3.84. The van der Waals surface area contributed by atoms with Gasteiger partial charge in [-0.15, -0.1) is 0 Å². The smallest absolute Gasteiger partial charge is 0.0409 e. The molecular formula is C15H21Br3. The molecule has 0 heterocycles. The van der Waals surface area contributed by atoms with Crippen molar-refractivity contribution in [1.82, 2.24) is 0 Å². The van der Waals surface area contributed by atoms with Crippen molar-refractivity contribution in [1.29, 1.82) is 0 Å². The summed E-state index contributed by atoms with van der Waals surface area (Å²) >= 11 is 11.1. The molecule has 0 aliphatic rings. The Balaban J connectivity index is 2.91. The molecule has 2 atom stereocenters. The van der Waals surface area contributed by atoms with Crippen LogP contribution in [-0.2, 0) is 0 Å². The molecule has 102 valence electrons. The standard InChI is InChI=1S/C15H21Br3/c1-9-6-13(17)11(8-12(9)16)14(18)7-10(2)15(3,4)5/h6,8,10,14H,7H2,1-5H3. The highest BCUT2D eigenvalue weighted by molar-refractivity contribution is 9.11. The molecule has 0 saturated heterocycles. The number of benzene rings is 1. The van der Waals surface area contributed by atoms with Gasteiger partial charge in [-0.1, -0.05) is 75.5 Å². The quantitative estimate of drug-likeness (QED) is 0.442. The Bertz CT molecular complexity index is 418. The van der Waals surface area contributed by atoms with Crippen LogP contribution in [0.3, 0.4) is 0 Å². The van der Waals surface area contributed by atoms with Gasteiger partial charge in [0.1, 0.15) is 0 Å². The molecule has 0 nitrogen and oxygen atoms in total. The number of alkyl halides is 1. The van der Waals surface area contributed by atoms with Crippen LogP contribution in [0, 0.1) is 18.3 Å². The first-order valence-electron chi connectivity index (χ1n) is 6.22. The molecule has 1 rings (SSSR count). The van der Waals surface area contributed by atoms with Crippen LogP contribution >= 0.6 is 47.8 Å². The second kappa shape index (κ2) is 6.41. The molecule has 0 fully saturated rings. The lowest BCUT2D eigenvalue weighted by Gasteiger charge is -2.29. The van der Waals surface area contributed by atoms with Crippen LogP contribution in [0.25, 0.3) is 0 Å².